The maximum Gasteiger partial charge on any atom is 0.159 e. The average Bonchev–Trinajstić information content (AvgIpc) is 2.90. The van der Waals surface area contributed by atoms with E-state index in [-0.39, 0.29) is 12.1 Å². The first-order valence-corrected chi connectivity index (χ1v) is 7.09. The van der Waals surface area contributed by atoms with Gasteiger partial charge in [-0.1, -0.05) is 13.0 Å². The summed E-state index contributed by atoms with van der Waals surface area (Å²) < 4.78 is 28.3. The lowest BCUT2D eigenvalue weighted by atomic mass is 10.0. The Morgan fingerprint density at radius 3 is 2.62 bits per heavy atom. The highest BCUT2D eigenvalue weighted by atomic mass is 19.2. The Hall–Kier alpha value is -1.82. The van der Waals surface area contributed by atoms with Crippen molar-refractivity contribution in [3.8, 4) is 0 Å². The second-order valence-corrected chi connectivity index (χ2v) is 5.20. The molecule has 1 atom stereocenters. The highest BCUT2D eigenvalue weighted by Gasteiger charge is 2.17. The van der Waals surface area contributed by atoms with Gasteiger partial charge in [0.05, 0.1) is 0 Å². The molecule has 114 valence electrons. The number of aromatic nitrogens is 3. The standard InChI is InChI=1S/C15H20F2N4/c1-4-18-14(11-5-6-12(16)13(17)7-11)8-15-19-9-20-21(15)10(2)3/h5-7,9-10,14,18H,4,8H2,1-3H3. The van der Waals surface area contributed by atoms with Gasteiger partial charge in [-0.05, 0) is 38.1 Å². The number of halogens is 2. The van der Waals surface area contributed by atoms with Crippen molar-refractivity contribution >= 4 is 0 Å². The van der Waals surface area contributed by atoms with E-state index < -0.39 is 11.6 Å². The van der Waals surface area contributed by atoms with Crippen molar-refractivity contribution in [2.45, 2.75) is 39.3 Å². The van der Waals surface area contributed by atoms with E-state index in [1.165, 1.54) is 12.4 Å². The normalized spacial score (nSPS) is 12.9. The van der Waals surface area contributed by atoms with Crippen LogP contribution in [0.1, 0.15) is 44.2 Å². The van der Waals surface area contributed by atoms with Crippen LogP contribution in [0.3, 0.4) is 0 Å². The molecule has 0 aliphatic heterocycles. The van der Waals surface area contributed by atoms with Gasteiger partial charge in [0.2, 0.25) is 0 Å². The minimum Gasteiger partial charge on any atom is -0.310 e. The van der Waals surface area contributed by atoms with E-state index in [2.05, 4.69) is 15.4 Å². The van der Waals surface area contributed by atoms with Crippen molar-refractivity contribution in [3.05, 3.63) is 47.5 Å². The SMILES string of the molecule is CCNC(Cc1ncnn1C(C)C)c1ccc(F)c(F)c1. The van der Waals surface area contributed by atoms with Gasteiger partial charge >= 0.3 is 0 Å². The third kappa shape index (κ3) is 3.64. The lowest BCUT2D eigenvalue weighted by molar-refractivity contribution is 0.463. The molecule has 1 aromatic carbocycles. The molecule has 1 N–H and O–H groups in total. The summed E-state index contributed by atoms with van der Waals surface area (Å²) in [6, 6.07) is 4.06. The highest BCUT2D eigenvalue weighted by molar-refractivity contribution is 5.22. The van der Waals surface area contributed by atoms with E-state index in [0.717, 1.165) is 18.4 Å². The Bertz CT molecular complexity index is 595. The second kappa shape index (κ2) is 6.76. The van der Waals surface area contributed by atoms with Crippen LogP contribution in [0.4, 0.5) is 8.78 Å². The molecule has 2 rings (SSSR count). The summed E-state index contributed by atoms with van der Waals surface area (Å²) in [4.78, 5) is 4.27. The molecule has 1 aromatic heterocycles. The molecule has 0 bridgehead atoms. The van der Waals surface area contributed by atoms with Gasteiger partial charge in [-0.25, -0.2) is 18.4 Å². The molecule has 0 saturated carbocycles. The molecule has 0 fully saturated rings. The van der Waals surface area contributed by atoms with E-state index in [1.54, 1.807) is 6.07 Å². The van der Waals surface area contributed by atoms with E-state index >= 15 is 0 Å². The van der Waals surface area contributed by atoms with Crippen LogP contribution in [0.15, 0.2) is 24.5 Å². The number of nitrogens with one attached hydrogen (secondary N) is 1. The summed E-state index contributed by atoms with van der Waals surface area (Å²) in [5, 5.41) is 7.48. The predicted octanol–water partition coefficient (Wildman–Crippen LogP) is 3.03. The number of benzene rings is 1. The molecule has 0 aliphatic carbocycles. The topological polar surface area (TPSA) is 42.7 Å². The molecule has 4 nitrogen and oxygen atoms in total. The average molecular weight is 294 g/mol. The van der Waals surface area contributed by atoms with Gasteiger partial charge in [0.1, 0.15) is 12.2 Å². The van der Waals surface area contributed by atoms with Crippen molar-refractivity contribution in [2.24, 2.45) is 0 Å². The molecular weight excluding hydrogens is 274 g/mol. The molecule has 0 saturated heterocycles. The van der Waals surface area contributed by atoms with Gasteiger partial charge in [-0.15, -0.1) is 0 Å². The number of likely N-dealkylation sites (N-methyl/N-ethyl adjacent to an activating group) is 1. The van der Waals surface area contributed by atoms with Crippen LogP contribution in [-0.2, 0) is 6.42 Å². The van der Waals surface area contributed by atoms with Crippen LogP contribution in [0.5, 0.6) is 0 Å². The quantitative estimate of drug-likeness (QED) is 0.890. The lowest BCUT2D eigenvalue weighted by Gasteiger charge is -2.19. The summed E-state index contributed by atoms with van der Waals surface area (Å²) in [7, 11) is 0. The first-order chi connectivity index (χ1) is 10.0. The Kier molecular flexibility index (Phi) is 5.01. The highest BCUT2D eigenvalue weighted by Crippen LogP contribution is 2.20. The second-order valence-electron chi connectivity index (χ2n) is 5.20. The summed E-state index contributed by atoms with van der Waals surface area (Å²) in [5.74, 6) is -0.847. The number of rotatable bonds is 6. The zero-order valence-electron chi connectivity index (χ0n) is 12.5. The van der Waals surface area contributed by atoms with Gasteiger partial charge in [0.25, 0.3) is 0 Å². The maximum absolute atomic E-state index is 13.4. The zero-order valence-corrected chi connectivity index (χ0v) is 12.5. The summed E-state index contributed by atoms with van der Waals surface area (Å²) in [6.07, 6.45) is 2.08. The Balaban J connectivity index is 2.26. The van der Waals surface area contributed by atoms with Crippen LogP contribution in [-0.4, -0.2) is 21.3 Å². The summed E-state index contributed by atoms with van der Waals surface area (Å²) in [5.41, 5.74) is 0.703. The molecule has 0 radical (unpaired) electrons. The zero-order chi connectivity index (χ0) is 15.4. The van der Waals surface area contributed by atoms with Crippen LogP contribution in [0, 0.1) is 11.6 Å². The fourth-order valence-corrected chi connectivity index (χ4v) is 2.32. The van der Waals surface area contributed by atoms with Crippen molar-refractivity contribution in [1.29, 1.82) is 0 Å². The molecule has 0 aliphatic rings. The molecule has 1 unspecified atom stereocenters. The smallest absolute Gasteiger partial charge is 0.159 e. The maximum atomic E-state index is 13.4. The van der Waals surface area contributed by atoms with Crippen molar-refractivity contribution in [3.63, 3.8) is 0 Å². The van der Waals surface area contributed by atoms with Crippen LogP contribution < -0.4 is 5.32 Å². The molecule has 2 aromatic rings. The Morgan fingerprint density at radius 2 is 2.00 bits per heavy atom. The molecule has 21 heavy (non-hydrogen) atoms. The molecule has 0 spiro atoms. The van der Waals surface area contributed by atoms with Crippen molar-refractivity contribution < 1.29 is 8.78 Å². The number of hydrogen-bond donors (Lipinski definition) is 1. The lowest BCUT2D eigenvalue weighted by Crippen LogP contribution is -2.25. The first-order valence-electron chi connectivity index (χ1n) is 7.09. The number of hydrogen-bond acceptors (Lipinski definition) is 3. The summed E-state index contributed by atoms with van der Waals surface area (Å²) in [6.45, 7) is 6.75. The van der Waals surface area contributed by atoms with E-state index in [9.17, 15) is 8.78 Å². The monoisotopic (exact) mass is 294 g/mol. The van der Waals surface area contributed by atoms with E-state index in [1.807, 2.05) is 25.5 Å². The minimum atomic E-state index is -0.834. The molecule has 0 amide bonds. The molecular formula is C15H20F2N4. The van der Waals surface area contributed by atoms with Crippen LogP contribution in [0.25, 0.3) is 0 Å². The van der Waals surface area contributed by atoms with Gasteiger partial charge in [-0.2, -0.15) is 5.10 Å². The Labute approximate surface area is 123 Å². The van der Waals surface area contributed by atoms with Gasteiger partial charge in [0, 0.05) is 18.5 Å². The Morgan fingerprint density at radius 1 is 1.24 bits per heavy atom. The minimum absolute atomic E-state index is 0.133. The number of nitrogens with zero attached hydrogens (tertiary/aromatic N) is 3. The fraction of sp³-hybridized carbons (Fsp3) is 0.467. The van der Waals surface area contributed by atoms with Crippen molar-refractivity contribution in [1.82, 2.24) is 20.1 Å². The van der Waals surface area contributed by atoms with Gasteiger partial charge in [0.15, 0.2) is 11.6 Å². The van der Waals surface area contributed by atoms with E-state index in [4.69, 9.17) is 0 Å². The predicted molar refractivity (Wildman–Crippen MR) is 76.9 cm³/mol. The van der Waals surface area contributed by atoms with Crippen molar-refractivity contribution in [2.75, 3.05) is 6.54 Å². The summed E-state index contributed by atoms with van der Waals surface area (Å²) >= 11 is 0. The third-order valence-corrected chi connectivity index (χ3v) is 3.32. The third-order valence-electron chi connectivity index (χ3n) is 3.32. The van der Waals surface area contributed by atoms with Crippen LogP contribution in [0.2, 0.25) is 0 Å². The largest absolute Gasteiger partial charge is 0.310 e. The fourth-order valence-electron chi connectivity index (χ4n) is 2.32. The van der Waals surface area contributed by atoms with Crippen LogP contribution >= 0.6 is 0 Å². The van der Waals surface area contributed by atoms with Gasteiger partial charge in [-0.3, -0.25) is 0 Å². The van der Waals surface area contributed by atoms with Gasteiger partial charge < -0.3 is 5.32 Å². The molecule has 6 heteroatoms. The molecule has 1 heterocycles. The van der Waals surface area contributed by atoms with E-state index in [0.29, 0.717) is 12.0 Å². The first kappa shape index (κ1) is 15.6.